The molecule has 1 aliphatic rings. The largest absolute Gasteiger partial charge is 0.493 e. The smallest absolute Gasteiger partial charge is 0.161 e. The van der Waals surface area contributed by atoms with E-state index >= 15 is 0 Å². The zero-order valence-electron chi connectivity index (χ0n) is 11.9. The third kappa shape index (κ3) is 3.63. The molecule has 0 saturated heterocycles. The molecule has 4 heteroatoms. The summed E-state index contributed by atoms with van der Waals surface area (Å²) < 4.78 is 11.1. The predicted molar refractivity (Wildman–Crippen MR) is 77.4 cm³/mol. The van der Waals surface area contributed by atoms with Gasteiger partial charge in [0.05, 0.1) is 13.7 Å². The molecule has 0 saturated carbocycles. The van der Waals surface area contributed by atoms with Crippen LogP contribution in [0.2, 0.25) is 0 Å². The highest BCUT2D eigenvalue weighted by atomic mass is 16.5. The maximum absolute atomic E-state index is 5.75. The lowest BCUT2D eigenvalue weighted by atomic mass is 10.1. The second-order valence-corrected chi connectivity index (χ2v) is 5.08. The number of benzene rings is 1. The first-order chi connectivity index (χ1) is 9.20. The van der Waals surface area contributed by atoms with E-state index in [2.05, 4.69) is 24.2 Å². The Labute approximate surface area is 114 Å². The van der Waals surface area contributed by atoms with Crippen LogP contribution in [0, 0.1) is 5.92 Å². The van der Waals surface area contributed by atoms with Gasteiger partial charge >= 0.3 is 0 Å². The summed E-state index contributed by atoms with van der Waals surface area (Å²) in [6.45, 7) is 6.81. The molecule has 0 unspecified atom stereocenters. The van der Waals surface area contributed by atoms with E-state index in [0.717, 1.165) is 42.4 Å². The molecule has 0 atom stereocenters. The second-order valence-electron chi connectivity index (χ2n) is 5.08. The van der Waals surface area contributed by atoms with Gasteiger partial charge in [0.2, 0.25) is 0 Å². The quantitative estimate of drug-likeness (QED) is 0.886. The Morgan fingerprint density at radius 1 is 1.32 bits per heavy atom. The number of rotatable bonds is 5. The van der Waals surface area contributed by atoms with Crippen LogP contribution in [0.15, 0.2) is 23.2 Å². The fourth-order valence-electron chi connectivity index (χ4n) is 1.92. The van der Waals surface area contributed by atoms with Gasteiger partial charge in [0.15, 0.2) is 11.5 Å². The van der Waals surface area contributed by atoms with E-state index in [0.29, 0.717) is 12.5 Å². The lowest BCUT2D eigenvalue weighted by Crippen LogP contribution is -2.30. The molecule has 0 amide bonds. The first-order valence-corrected chi connectivity index (χ1v) is 6.80. The van der Waals surface area contributed by atoms with E-state index in [1.165, 1.54) is 0 Å². The van der Waals surface area contributed by atoms with Crippen LogP contribution in [0.1, 0.15) is 25.8 Å². The van der Waals surface area contributed by atoms with Gasteiger partial charge in [-0.05, 0) is 30.5 Å². The highest BCUT2D eigenvalue weighted by Crippen LogP contribution is 2.28. The van der Waals surface area contributed by atoms with Gasteiger partial charge in [-0.1, -0.05) is 13.8 Å². The topological polar surface area (TPSA) is 42.8 Å². The maximum atomic E-state index is 5.75. The number of ether oxygens (including phenoxy) is 2. The molecule has 0 bridgehead atoms. The molecule has 2 rings (SSSR count). The average molecular weight is 262 g/mol. The van der Waals surface area contributed by atoms with Crippen LogP contribution in [0.5, 0.6) is 11.5 Å². The molecule has 1 aromatic rings. The summed E-state index contributed by atoms with van der Waals surface area (Å²) in [5, 5.41) is 3.31. The van der Waals surface area contributed by atoms with Crippen LogP contribution in [0.3, 0.4) is 0 Å². The van der Waals surface area contributed by atoms with Gasteiger partial charge in [0.25, 0.3) is 0 Å². The van der Waals surface area contributed by atoms with Gasteiger partial charge in [-0.3, -0.25) is 4.99 Å². The first-order valence-electron chi connectivity index (χ1n) is 6.80. The highest BCUT2D eigenvalue weighted by molar-refractivity contribution is 5.99. The third-order valence-corrected chi connectivity index (χ3v) is 2.91. The summed E-state index contributed by atoms with van der Waals surface area (Å²) in [6, 6.07) is 5.96. The zero-order chi connectivity index (χ0) is 13.7. The SMILES string of the molecule is COc1cc(C2=NCCCN2)ccc1OCC(C)C. The van der Waals surface area contributed by atoms with Crippen LogP contribution in [0.4, 0.5) is 0 Å². The molecular formula is C15H22N2O2. The Morgan fingerprint density at radius 3 is 2.79 bits per heavy atom. The van der Waals surface area contributed by atoms with Crippen molar-refractivity contribution in [3.05, 3.63) is 23.8 Å². The van der Waals surface area contributed by atoms with Gasteiger partial charge < -0.3 is 14.8 Å². The van der Waals surface area contributed by atoms with Crippen molar-refractivity contribution >= 4 is 5.84 Å². The summed E-state index contributed by atoms with van der Waals surface area (Å²) >= 11 is 0. The van der Waals surface area contributed by atoms with E-state index in [1.807, 2.05) is 18.2 Å². The minimum atomic E-state index is 0.494. The van der Waals surface area contributed by atoms with E-state index in [9.17, 15) is 0 Å². The molecule has 1 N–H and O–H groups in total. The van der Waals surface area contributed by atoms with Gasteiger partial charge in [-0.15, -0.1) is 0 Å². The standard InChI is InChI=1S/C15H22N2O2/c1-11(2)10-19-13-6-5-12(9-14(13)18-3)15-16-7-4-8-17-15/h5-6,9,11H,4,7-8,10H2,1-3H3,(H,16,17). The minimum absolute atomic E-state index is 0.494. The molecule has 0 aromatic heterocycles. The van der Waals surface area contributed by atoms with Crippen LogP contribution in [0.25, 0.3) is 0 Å². The van der Waals surface area contributed by atoms with Crippen molar-refractivity contribution in [2.24, 2.45) is 10.9 Å². The Balaban J connectivity index is 2.17. The molecule has 1 aliphatic heterocycles. The van der Waals surface area contributed by atoms with Crippen molar-refractivity contribution in [2.75, 3.05) is 26.8 Å². The molecule has 104 valence electrons. The van der Waals surface area contributed by atoms with Crippen LogP contribution in [-0.2, 0) is 0 Å². The molecule has 1 heterocycles. The Morgan fingerprint density at radius 2 is 2.16 bits per heavy atom. The van der Waals surface area contributed by atoms with E-state index < -0.39 is 0 Å². The molecule has 0 fully saturated rings. The Kier molecular flexibility index (Phi) is 4.66. The Bertz CT molecular complexity index is 455. The average Bonchev–Trinajstić information content (AvgIpc) is 2.45. The monoisotopic (exact) mass is 262 g/mol. The van der Waals surface area contributed by atoms with Crippen LogP contribution >= 0.6 is 0 Å². The summed E-state index contributed by atoms with van der Waals surface area (Å²) in [5.41, 5.74) is 1.05. The number of amidine groups is 1. The Hall–Kier alpha value is -1.71. The summed E-state index contributed by atoms with van der Waals surface area (Å²) in [6.07, 6.45) is 1.09. The van der Waals surface area contributed by atoms with Gasteiger partial charge in [0.1, 0.15) is 5.84 Å². The van der Waals surface area contributed by atoms with Crippen molar-refractivity contribution in [3.8, 4) is 11.5 Å². The lowest BCUT2D eigenvalue weighted by Gasteiger charge is -2.17. The normalized spacial score (nSPS) is 14.8. The van der Waals surface area contributed by atoms with Crippen LogP contribution < -0.4 is 14.8 Å². The van der Waals surface area contributed by atoms with Crippen LogP contribution in [-0.4, -0.2) is 32.6 Å². The van der Waals surface area contributed by atoms with Gasteiger partial charge in [0, 0.05) is 18.7 Å². The van der Waals surface area contributed by atoms with Crippen molar-refractivity contribution in [3.63, 3.8) is 0 Å². The molecule has 4 nitrogen and oxygen atoms in total. The van der Waals surface area contributed by atoms with E-state index in [-0.39, 0.29) is 0 Å². The highest BCUT2D eigenvalue weighted by Gasteiger charge is 2.11. The molecule has 1 aromatic carbocycles. The molecule has 0 spiro atoms. The van der Waals surface area contributed by atoms with Crippen molar-refractivity contribution in [2.45, 2.75) is 20.3 Å². The number of aliphatic imine (C=N–C) groups is 1. The third-order valence-electron chi connectivity index (χ3n) is 2.91. The van der Waals surface area contributed by atoms with E-state index in [4.69, 9.17) is 9.47 Å². The second kappa shape index (κ2) is 6.45. The minimum Gasteiger partial charge on any atom is -0.493 e. The zero-order valence-corrected chi connectivity index (χ0v) is 11.9. The first kappa shape index (κ1) is 13.7. The fraction of sp³-hybridized carbons (Fsp3) is 0.533. The van der Waals surface area contributed by atoms with Gasteiger partial charge in [-0.25, -0.2) is 0 Å². The van der Waals surface area contributed by atoms with Gasteiger partial charge in [-0.2, -0.15) is 0 Å². The number of hydrogen-bond acceptors (Lipinski definition) is 4. The predicted octanol–water partition coefficient (Wildman–Crippen LogP) is 2.47. The molecule has 0 aliphatic carbocycles. The van der Waals surface area contributed by atoms with Crippen molar-refractivity contribution < 1.29 is 9.47 Å². The maximum Gasteiger partial charge on any atom is 0.161 e. The van der Waals surface area contributed by atoms with E-state index in [1.54, 1.807) is 7.11 Å². The van der Waals surface area contributed by atoms with Crippen molar-refractivity contribution in [1.82, 2.24) is 5.32 Å². The van der Waals surface area contributed by atoms with Crippen molar-refractivity contribution in [1.29, 1.82) is 0 Å². The summed E-state index contributed by atoms with van der Waals surface area (Å²) in [5.74, 6) is 2.98. The molecule has 0 radical (unpaired) electrons. The molecule has 19 heavy (non-hydrogen) atoms. The lowest BCUT2D eigenvalue weighted by molar-refractivity contribution is 0.257. The number of methoxy groups -OCH3 is 1. The fourth-order valence-corrected chi connectivity index (χ4v) is 1.92. The summed E-state index contributed by atoms with van der Waals surface area (Å²) in [7, 11) is 1.66. The summed E-state index contributed by atoms with van der Waals surface area (Å²) in [4.78, 5) is 4.49. The number of hydrogen-bond donors (Lipinski definition) is 1. The molecular weight excluding hydrogens is 240 g/mol. The number of nitrogens with one attached hydrogen (secondary N) is 1. The number of nitrogens with zero attached hydrogens (tertiary/aromatic N) is 1.